The number of hydrogen-bond acceptors (Lipinski definition) is 4. The molecule has 0 spiro atoms. The molecule has 1 aliphatic rings. The van der Waals surface area contributed by atoms with Crippen LogP contribution in [0.15, 0.2) is 24.3 Å². The summed E-state index contributed by atoms with van der Waals surface area (Å²) >= 11 is 0. The van der Waals surface area contributed by atoms with Gasteiger partial charge in [0, 0.05) is 6.42 Å². The van der Waals surface area contributed by atoms with Gasteiger partial charge in [-0.1, -0.05) is 32.9 Å². The third kappa shape index (κ3) is 3.65. The van der Waals surface area contributed by atoms with Crippen molar-refractivity contribution in [1.82, 2.24) is 0 Å². The molecular formula is C16H22O4. The van der Waals surface area contributed by atoms with Crippen LogP contribution in [-0.2, 0) is 14.9 Å². The SMILES string of the molecule is CC(Oc1ccc(C(C)(C)C)cc1)C1CCOC(=O)O1. The van der Waals surface area contributed by atoms with Crippen molar-refractivity contribution in [1.29, 1.82) is 0 Å². The first-order valence-electron chi connectivity index (χ1n) is 6.97. The summed E-state index contributed by atoms with van der Waals surface area (Å²) in [6, 6.07) is 8.05. The van der Waals surface area contributed by atoms with E-state index in [9.17, 15) is 4.79 Å². The highest BCUT2D eigenvalue weighted by Crippen LogP contribution is 2.25. The van der Waals surface area contributed by atoms with Gasteiger partial charge in [-0.25, -0.2) is 4.79 Å². The smallest absolute Gasteiger partial charge is 0.487 e. The van der Waals surface area contributed by atoms with Gasteiger partial charge in [-0.15, -0.1) is 0 Å². The average Bonchev–Trinajstić information content (AvgIpc) is 2.38. The third-order valence-electron chi connectivity index (χ3n) is 3.44. The highest BCUT2D eigenvalue weighted by atomic mass is 16.7. The van der Waals surface area contributed by atoms with E-state index in [2.05, 4.69) is 32.9 Å². The normalized spacial score (nSPS) is 20.8. The summed E-state index contributed by atoms with van der Waals surface area (Å²) in [5, 5.41) is 0. The Kier molecular flexibility index (Phi) is 4.21. The number of cyclic esters (lactones) is 2. The quantitative estimate of drug-likeness (QED) is 0.791. The predicted molar refractivity (Wildman–Crippen MR) is 76.1 cm³/mol. The van der Waals surface area contributed by atoms with Crippen molar-refractivity contribution in [2.75, 3.05) is 6.61 Å². The van der Waals surface area contributed by atoms with Crippen LogP contribution in [0.1, 0.15) is 39.7 Å². The second-order valence-corrected chi connectivity index (χ2v) is 6.14. The lowest BCUT2D eigenvalue weighted by Gasteiger charge is -2.28. The van der Waals surface area contributed by atoms with Gasteiger partial charge in [-0.3, -0.25) is 0 Å². The van der Waals surface area contributed by atoms with Gasteiger partial charge in [0.25, 0.3) is 0 Å². The molecule has 2 atom stereocenters. The monoisotopic (exact) mass is 278 g/mol. The van der Waals surface area contributed by atoms with Crippen LogP contribution in [0.4, 0.5) is 4.79 Å². The summed E-state index contributed by atoms with van der Waals surface area (Å²) in [6.45, 7) is 8.81. The zero-order valence-electron chi connectivity index (χ0n) is 12.5. The Morgan fingerprint density at radius 2 is 1.90 bits per heavy atom. The summed E-state index contributed by atoms with van der Waals surface area (Å²) in [5.74, 6) is 0.785. The molecule has 0 aromatic heterocycles. The molecule has 0 aliphatic carbocycles. The van der Waals surface area contributed by atoms with Crippen molar-refractivity contribution in [2.45, 2.75) is 51.7 Å². The molecule has 1 aromatic carbocycles. The Hall–Kier alpha value is -1.71. The Balaban J connectivity index is 1.97. The van der Waals surface area contributed by atoms with E-state index in [1.54, 1.807) is 0 Å². The van der Waals surface area contributed by atoms with Crippen LogP contribution in [0.3, 0.4) is 0 Å². The van der Waals surface area contributed by atoms with E-state index >= 15 is 0 Å². The standard InChI is InChI=1S/C16H22O4/c1-11(14-9-10-18-15(17)20-14)19-13-7-5-12(6-8-13)16(2,3)4/h5-8,11,14H,9-10H2,1-4H3. The number of ether oxygens (including phenoxy) is 3. The molecule has 110 valence electrons. The molecule has 2 rings (SSSR count). The maximum Gasteiger partial charge on any atom is 0.508 e. The Labute approximate surface area is 120 Å². The van der Waals surface area contributed by atoms with E-state index in [0.717, 1.165) is 5.75 Å². The summed E-state index contributed by atoms with van der Waals surface area (Å²) in [5.41, 5.74) is 1.38. The molecule has 1 aliphatic heterocycles. The van der Waals surface area contributed by atoms with Crippen molar-refractivity contribution in [3.05, 3.63) is 29.8 Å². The van der Waals surface area contributed by atoms with Crippen LogP contribution >= 0.6 is 0 Å². The van der Waals surface area contributed by atoms with Crippen LogP contribution in [-0.4, -0.2) is 25.0 Å². The van der Waals surface area contributed by atoms with Gasteiger partial charge >= 0.3 is 6.16 Å². The number of benzene rings is 1. The summed E-state index contributed by atoms with van der Waals surface area (Å²) in [7, 11) is 0. The number of carbonyl (C=O) groups excluding carboxylic acids is 1. The van der Waals surface area contributed by atoms with Crippen molar-refractivity contribution in [3.8, 4) is 5.75 Å². The zero-order chi connectivity index (χ0) is 14.8. The molecule has 4 nitrogen and oxygen atoms in total. The molecule has 0 amide bonds. The second kappa shape index (κ2) is 5.73. The van der Waals surface area contributed by atoms with Crippen LogP contribution in [0.25, 0.3) is 0 Å². The highest BCUT2D eigenvalue weighted by molar-refractivity contribution is 5.60. The van der Waals surface area contributed by atoms with Crippen LogP contribution in [0, 0.1) is 0 Å². The van der Waals surface area contributed by atoms with Gasteiger partial charge in [0.2, 0.25) is 0 Å². The fourth-order valence-electron chi connectivity index (χ4n) is 2.13. The van der Waals surface area contributed by atoms with Crippen LogP contribution in [0.2, 0.25) is 0 Å². The summed E-state index contributed by atoms with van der Waals surface area (Å²) < 4.78 is 15.7. The van der Waals surface area contributed by atoms with Crippen molar-refractivity contribution < 1.29 is 19.0 Å². The third-order valence-corrected chi connectivity index (χ3v) is 3.44. The van der Waals surface area contributed by atoms with Gasteiger partial charge in [0.1, 0.15) is 18.0 Å². The molecule has 1 aromatic rings. The molecule has 1 fully saturated rings. The largest absolute Gasteiger partial charge is 0.508 e. The molecule has 1 saturated heterocycles. The fourth-order valence-corrected chi connectivity index (χ4v) is 2.13. The molecule has 0 radical (unpaired) electrons. The van der Waals surface area contributed by atoms with Gasteiger partial charge in [-0.05, 0) is 30.0 Å². The van der Waals surface area contributed by atoms with E-state index < -0.39 is 6.16 Å². The second-order valence-electron chi connectivity index (χ2n) is 6.14. The Morgan fingerprint density at radius 1 is 1.25 bits per heavy atom. The molecular weight excluding hydrogens is 256 g/mol. The maximum atomic E-state index is 11.1. The Morgan fingerprint density at radius 3 is 2.45 bits per heavy atom. The van der Waals surface area contributed by atoms with Crippen LogP contribution < -0.4 is 4.74 Å². The summed E-state index contributed by atoms with van der Waals surface area (Å²) in [4.78, 5) is 11.1. The Bertz CT molecular complexity index is 458. The van der Waals surface area contributed by atoms with Crippen molar-refractivity contribution in [3.63, 3.8) is 0 Å². The lowest BCUT2D eigenvalue weighted by molar-refractivity contribution is -0.0596. The first-order chi connectivity index (χ1) is 9.36. The van der Waals surface area contributed by atoms with E-state index in [1.165, 1.54) is 5.56 Å². The molecule has 0 bridgehead atoms. The van der Waals surface area contributed by atoms with Crippen molar-refractivity contribution >= 4 is 6.16 Å². The maximum absolute atomic E-state index is 11.1. The van der Waals surface area contributed by atoms with Gasteiger partial charge in [-0.2, -0.15) is 0 Å². The number of rotatable bonds is 3. The van der Waals surface area contributed by atoms with E-state index in [0.29, 0.717) is 13.0 Å². The number of carbonyl (C=O) groups is 1. The predicted octanol–water partition coefficient (Wildman–Crippen LogP) is 3.68. The lowest BCUT2D eigenvalue weighted by Crippen LogP contribution is -2.38. The minimum atomic E-state index is -0.611. The van der Waals surface area contributed by atoms with Gasteiger partial charge < -0.3 is 14.2 Å². The van der Waals surface area contributed by atoms with Gasteiger partial charge in [0.05, 0.1) is 6.61 Å². The topological polar surface area (TPSA) is 44.8 Å². The van der Waals surface area contributed by atoms with E-state index in [-0.39, 0.29) is 17.6 Å². The molecule has 1 heterocycles. The zero-order valence-corrected chi connectivity index (χ0v) is 12.5. The molecule has 20 heavy (non-hydrogen) atoms. The average molecular weight is 278 g/mol. The van der Waals surface area contributed by atoms with E-state index in [1.807, 2.05) is 19.1 Å². The van der Waals surface area contributed by atoms with Crippen LogP contribution in [0.5, 0.6) is 5.75 Å². The first kappa shape index (κ1) is 14.7. The minimum Gasteiger partial charge on any atom is -0.487 e. The minimum absolute atomic E-state index is 0.125. The molecule has 0 saturated carbocycles. The first-order valence-corrected chi connectivity index (χ1v) is 6.97. The number of hydrogen-bond donors (Lipinski definition) is 0. The summed E-state index contributed by atoms with van der Waals surface area (Å²) in [6.07, 6.45) is -0.394. The molecule has 2 unspecified atom stereocenters. The van der Waals surface area contributed by atoms with Gasteiger partial charge in [0.15, 0.2) is 0 Å². The van der Waals surface area contributed by atoms with E-state index in [4.69, 9.17) is 14.2 Å². The fraction of sp³-hybridized carbons (Fsp3) is 0.562. The highest BCUT2D eigenvalue weighted by Gasteiger charge is 2.28. The van der Waals surface area contributed by atoms with Crippen molar-refractivity contribution in [2.24, 2.45) is 0 Å². The molecule has 0 N–H and O–H groups in total. The lowest BCUT2D eigenvalue weighted by atomic mass is 9.87. The molecule has 4 heteroatoms.